The quantitative estimate of drug-likeness (QED) is 0.0797. The van der Waals surface area contributed by atoms with Crippen LogP contribution in [0, 0.1) is 0 Å². The Morgan fingerprint density at radius 2 is 0.174 bits per heavy atom. The van der Waals surface area contributed by atoms with Crippen molar-refractivity contribution >= 4 is 44.6 Å². The predicted octanol–water partition coefficient (Wildman–Crippen LogP) is 23.4. The van der Waals surface area contributed by atoms with Gasteiger partial charge in [0.25, 0.3) is 0 Å². The Labute approximate surface area is 541 Å². The zero-order valence-electron chi connectivity index (χ0n) is 51.1. The van der Waals surface area contributed by atoms with Crippen molar-refractivity contribution in [2.45, 2.75) is 0 Å². The molecule has 0 radical (unpaired) electrons. The second-order valence-electron chi connectivity index (χ2n) is 23.0. The van der Waals surface area contributed by atoms with Crippen molar-refractivity contribution in [2.75, 3.05) is 0 Å². The lowest BCUT2D eigenvalue weighted by Crippen LogP contribution is -2.00. The van der Waals surface area contributed by atoms with Gasteiger partial charge >= 0.3 is 0 Å². The SMILES string of the molecule is c1ccc(C(=C(c2ccccc2)c2ccc(C(=C(c3ccccc3)c3ccccc3)c3ccc(-c4ccc(C(=C(c5ccccc5)c5ccccc5)c5ccc(C(=C(c6ccccc6)c6ccccc6)c6ccccc6)cc5)cc4)cc3)cc2)c2ccccc2)cc1. The predicted molar refractivity (Wildman–Crippen MR) is 389 cm³/mol. The summed E-state index contributed by atoms with van der Waals surface area (Å²) in [6.45, 7) is 0. The summed E-state index contributed by atoms with van der Waals surface area (Å²) in [6.07, 6.45) is 0. The Balaban J connectivity index is 0.885. The number of rotatable bonds is 17. The van der Waals surface area contributed by atoms with E-state index in [9.17, 15) is 0 Å². The average molecular weight is 1170 g/mol. The molecule has 14 aromatic rings. The molecular weight excluding hydrogens is 1110 g/mol. The van der Waals surface area contributed by atoms with E-state index in [1.54, 1.807) is 0 Å². The van der Waals surface area contributed by atoms with Crippen molar-refractivity contribution < 1.29 is 0 Å². The van der Waals surface area contributed by atoms with E-state index < -0.39 is 0 Å². The number of hydrogen-bond donors (Lipinski definition) is 0. The lowest BCUT2D eigenvalue weighted by molar-refractivity contribution is 1.47. The Morgan fingerprint density at radius 3 is 0.283 bits per heavy atom. The smallest absolute Gasteiger partial charge is 0.00268 e. The van der Waals surface area contributed by atoms with Crippen molar-refractivity contribution in [2.24, 2.45) is 0 Å². The molecule has 0 heteroatoms. The molecule has 92 heavy (non-hydrogen) atoms. The summed E-state index contributed by atoms with van der Waals surface area (Å²) < 4.78 is 0. The molecule has 0 unspecified atom stereocenters. The molecule has 0 nitrogen and oxygen atoms in total. The van der Waals surface area contributed by atoms with E-state index in [0.29, 0.717) is 0 Å². The first kappa shape index (κ1) is 57.8. The molecule has 0 saturated heterocycles. The molecule has 0 fully saturated rings. The van der Waals surface area contributed by atoms with Crippen LogP contribution in [-0.2, 0) is 0 Å². The minimum absolute atomic E-state index is 1.13. The fraction of sp³-hybridized carbons (Fsp3) is 0. The molecule has 0 bridgehead atoms. The number of hydrogen-bond acceptors (Lipinski definition) is 0. The van der Waals surface area contributed by atoms with Gasteiger partial charge in [0, 0.05) is 0 Å². The second kappa shape index (κ2) is 27.6. The van der Waals surface area contributed by atoms with E-state index in [1.807, 2.05) is 0 Å². The Kier molecular flexibility index (Phi) is 17.3. The van der Waals surface area contributed by atoms with Gasteiger partial charge in [0.15, 0.2) is 0 Å². The van der Waals surface area contributed by atoms with Crippen LogP contribution >= 0.6 is 0 Å². The molecule has 0 heterocycles. The fourth-order valence-corrected chi connectivity index (χ4v) is 13.0. The van der Waals surface area contributed by atoms with Gasteiger partial charge in [-0.3, -0.25) is 0 Å². The highest BCUT2D eigenvalue weighted by Crippen LogP contribution is 2.44. The van der Waals surface area contributed by atoms with Crippen LogP contribution in [0.25, 0.3) is 55.7 Å². The molecule has 0 spiro atoms. The van der Waals surface area contributed by atoms with Crippen LogP contribution in [0.15, 0.2) is 400 Å². The molecule has 0 aromatic heterocycles. The Bertz CT molecular complexity index is 4360. The molecule has 0 saturated carbocycles. The van der Waals surface area contributed by atoms with Gasteiger partial charge in [0.1, 0.15) is 0 Å². The van der Waals surface area contributed by atoms with Gasteiger partial charge in [-0.2, -0.15) is 0 Å². The summed E-state index contributed by atoms with van der Waals surface area (Å²) >= 11 is 0. The van der Waals surface area contributed by atoms with Crippen LogP contribution in [0.2, 0.25) is 0 Å². The zero-order valence-corrected chi connectivity index (χ0v) is 51.1. The van der Waals surface area contributed by atoms with Gasteiger partial charge in [0.05, 0.1) is 0 Å². The summed E-state index contributed by atoms with van der Waals surface area (Å²) in [5.74, 6) is 0. The van der Waals surface area contributed by atoms with Crippen molar-refractivity contribution in [1.82, 2.24) is 0 Å². The minimum atomic E-state index is 1.13. The lowest BCUT2D eigenvalue weighted by Gasteiger charge is -2.21. The third kappa shape index (κ3) is 12.6. The summed E-state index contributed by atoms with van der Waals surface area (Å²) in [6, 6.07) is 145. The van der Waals surface area contributed by atoms with Crippen LogP contribution in [0.3, 0.4) is 0 Å². The topological polar surface area (TPSA) is 0 Å². The fourth-order valence-electron chi connectivity index (χ4n) is 13.0. The molecule has 434 valence electrons. The zero-order chi connectivity index (χ0) is 61.7. The maximum absolute atomic E-state index is 2.32. The monoisotopic (exact) mass is 1170 g/mol. The molecule has 0 aliphatic heterocycles. The van der Waals surface area contributed by atoms with E-state index >= 15 is 0 Å². The lowest BCUT2D eigenvalue weighted by atomic mass is 9.83. The van der Waals surface area contributed by atoms with E-state index in [1.165, 1.54) is 55.7 Å². The van der Waals surface area contributed by atoms with Crippen LogP contribution in [-0.4, -0.2) is 0 Å². The first-order valence-corrected chi connectivity index (χ1v) is 31.6. The summed E-state index contributed by atoms with van der Waals surface area (Å²) in [7, 11) is 0. The van der Waals surface area contributed by atoms with Crippen LogP contribution in [0.4, 0.5) is 0 Å². The third-order valence-electron chi connectivity index (χ3n) is 17.2. The highest BCUT2D eigenvalue weighted by molar-refractivity contribution is 6.09. The minimum Gasteiger partial charge on any atom is -0.0622 e. The first-order valence-electron chi connectivity index (χ1n) is 31.6. The Morgan fingerprint density at radius 1 is 0.0870 bits per heavy atom. The average Bonchev–Trinajstić information content (AvgIpc) is 1.26. The van der Waals surface area contributed by atoms with Crippen LogP contribution in [0.1, 0.15) is 89.0 Å². The molecule has 14 rings (SSSR count). The summed E-state index contributed by atoms with van der Waals surface area (Å²) in [4.78, 5) is 0. The van der Waals surface area contributed by atoms with Crippen molar-refractivity contribution in [3.8, 4) is 11.1 Å². The van der Waals surface area contributed by atoms with Crippen molar-refractivity contribution in [1.29, 1.82) is 0 Å². The standard InChI is InChI=1S/C92H66/c1-11-31-69(32-12-1)85(70-33-13-2-14-34-70)89(77-47-27-9-28-48-77)81-59-63-83(64-60-81)91(87(73-39-19-5-20-40-73)74-41-21-6-22-42-74)79-55-51-67(52-56-79)68-53-57-80(58-54-68)92(88(75-43-23-7-24-44-75)76-45-25-8-26-46-76)84-65-61-82(62-66-84)90(78-49-29-10-30-50-78)86(71-35-15-3-16-36-71)72-37-17-4-18-38-72/h1-66H. The molecule has 14 aromatic carbocycles. The van der Waals surface area contributed by atoms with Crippen LogP contribution in [0.5, 0.6) is 0 Å². The van der Waals surface area contributed by atoms with E-state index in [4.69, 9.17) is 0 Å². The highest BCUT2D eigenvalue weighted by Gasteiger charge is 2.23. The number of benzene rings is 14. The molecule has 0 aliphatic carbocycles. The van der Waals surface area contributed by atoms with E-state index in [2.05, 4.69) is 400 Å². The maximum atomic E-state index is 2.32. The van der Waals surface area contributed by atoms with Gasteiger partial charge in [0.2, 0.25) is 0 Å². The molecular formula is C92H66. The van der Waals surface area contributed by atoms with Gasteiger partial charge in [-0.1, -0.05) is 400 Å². The summed E-state index contributed by atoms with van der Waals surface area (Å²) in [5.41, 5.74) is 30.1. The molecule has 0 atom stereocenters. The summed E-state index contributed by atoms with van der Waals surface area (Å²) in [5, 5.41) is 0. The van der Waals surface area contributed by atoms with E-state index in [-0.39, 0.29) is 0 Å². The molecule has 0 N–H and O–H groups in total. The maximum Gasteiger partial charge on any atom is -0.00268 e. The van der Waals surface area contributed by atoms with Gasteiger partial charge < -0.3 is 0 Å². The van der Waals surface area contributed by atoms with Crippen molar-refractivity contribution in [3.05, 3.63) is 489 Å². The largest absolute Gasteiger partial charge is 0.0622 e. The first-order chi connectivity index (χ1) is 45.7. The van der Waals surface area contributed by atoms with Crippen LogP contribution < -0.4 is 0 Å². The highest BCUT2D eigenvalue weighted by atomic mass is 14.3. The van der Waals surface area contributed by atoms with Gasteiger partial charge in [-0.25, -0.2) is 0 Å². The normalized spacial score (nSPS) is 10.8. The van der Waals surface area contributed by atoms with Gasteiger partial charge in [-0.05, 0) is 145 Å². The molecule has 0 amide bonds. The van der Waals surface area contributed by atoms with Crippen molar-refractivity contribution in [3.63, 3.8) is 0 Å². The third-order valence-corrected chi connectivity index (χ3v) is 17.2. The Hall–Kier alpha value is -12.0. The molecule has 0 aliphatic rings. The van der Waals surface area contributed by atoms with Gasteiger partial charge in [-0.15, -0.1) is 0 Å². The second-order valence-corrected chi connectivity index (χ2v) is 23.0. The van der Waals surface area contributed by atoms with E-state index in [0.717, 1.165) is 89.0 Å².